The SMILES string of the molecule is COc1nc(Br)cnc1NS(=O)(=O)c1sc(Cl)c(Cl)c1Cl. The molecule has 0 aromatic carbocycles. The molecule has 0 amide bonds. The van der Waals surface area contributed by atoms with Gasteiger partial charge in [0, 0.05) is 0 Å². The maximum Gasteiger partial charge on any atom is 0.274 e. The van der Waals surface area contributed by atoms with E-state index in [2.05, 4.69) is 30.6 Å². The highest BCUT2D eigenvalue weighted by Crippen LogP contribution is 2.43. The Hall–Kier alpha value is -0.320. The van der Waals surface area contributed by atoms with Crippen LogP contribution in [0.15, 0.2) is 15.0 Å². The lowest BCUT2D eigenvalue weighted by atomic mass is 10.6. The van der Waals surface area contributed by atoms with Crippen LogP contribution in [-0.2, 0) is 10.0 Å². The monoisotopic (exact) mass is 451 g/mol. The minimum absolute atomic E-state index is 0.00202. The van der Waals surface area contributed by atoms with Gasteiger partial charge in [0.25, 0.3) is 15.9 Å². The van der Waals surface area contributed by atoms with Gasteiger partial charge in [-0.1, -0.05) is 34.8 Å². The quantitative estimate of drug-likeness (QED) is 0.755. The average molecular weight is 454 g/mol. The first kappa shape index (κ1) is 17.0. The molecule has 0 saturated carbocycles. The number of thiophene rings is 1. The van der Waals surface area contributed by atoms with Crippen molar-refractivity contribution in [3.05, 3.63) is 25.2 Å². The number of aromatic nitrogens is 2. The average Bonchev–Trinajstić information content (AvgIpc) is 2.69. The van der Waals surface area contributed by atoms with Crippen LogP contribution >= 0.6 is 62.1 Å². The van der Waals surface area contributed by atoms with Crippen LogP contribution in [0.4, 0.5) is 5.82 Å². The van der Waals surface area contributed by atoms with Gasteiger partial charge in [0.15, 0.2) is 4.21 Å². The van der Waals surface area contributed by atoms with E-state index in [0.717, 1.165) is 11.3 Å². The Kier molecular flexibility index (Phi) is 5.22. The third-order valence-electron chi connectivity index (χ3n) is 2.11. The summed E-state index contributed by atoms with van der Waals surface area (Å²) in [5.41, 5.74) is 0. The van der Waals surface area contributed by atoms with E-state index in [0.29, 0.717) is 4.60 Å². The molecule has 12 heteroatoms. The van der Waals surface area contributed by atoms with Crippen molar-refractivity contribution in [1.82, 2.24) is 9.97 Å². The molecule has 0 unspecified atom stereocenters. The summed E-state index contributed by atoms with van der Waals surface area (Å²) in [6, 6.07) is 0. The molecule has 2 heterocycles. The van der Waals surface area contributed by atoms with E-state index >= 15 is 0 Å². The molecule has 6 nitrogen and oxygen atoms in total. The topological polar surface area (TPSA) is 81.2 Å². The smallest absolute Gasteiger partial charge is 0.274 e. The zero-order chi connectivity index (χ0) is 15.8. The molecule has 0 saturated heterocycles. The van der Waals surface area contributed by atoms with E-state index in [-0.39, 0.29) is 30.3 Å². The Labute approximate surface area is 147 Å². The van der Waals surface area contributed by atoms with Crippen molar-refractivity contribution < 1.29 is 13.2 Å². The first-order valence-corrected chi connectivity index (χ1v) is 9.21. The predicted molar refractivity (Wildman–Crippen MR) is 86.4 cm³/mol. The molecular formula is C9H5BrCl3N3O3S2. The number of methoxy groups -OCH3 is 1. The number of rotatable bonds is 4. The highest BCUT2D eigenvalue weighted by Gasteiger charge is 2.27. The second-order valence-corrected chi connectivity index (χ2v) is 8.52. The molecule has 0 spiro atoms. The van der Waals surface area contributed by atoms with Gasteiger partial charge in [0.2, 0.25) is 5.82 Å². The van der Waals surface area contributed by atoms with E-state index < -0.39 is 10.0 Å². The standard InChI is InChI=1S/C9H5BrCl3N3O3S2/c1-19-8-7(14-2-3(10)15-8)16-21(17,18)9-5(12)4(11)6(13)20-9/h2H,1H3,(H,14,16). The van der Waals surface area contributed by atoms with Crippen molar-refractivity contribution in [2.24, 2.45) is 0 Å². The highest BCUT2D eigenvalue weighted by molar-refractivity contribution is 9.10. The zero-order valence-electron chi connectivity index (χ0n) is 10.0. The normalized spacial score (nSPS) is 11.5. The molecule has 0 radical (unpaired) electrons. The summed E-state index contributed by atoms with van der Waals surface area (Å²) in [5, 5.41) is -0.166. The summed E-state index contributed by atoms with van der Waals surface area (Å²) < 4.78 is 32.0. The van der Waals surface area contributed by atoms with Crippen molar-refractivity contribution in [2.45, 2.75) is 4.21 Å². The fraction of sp³-hybridized carbons (Fsp3) is 0.111. The summed E-state index contributed by atoms with van der Waals surface area (Å²) in [5.74, 6) is -0.0877. The second-order valence-electron chi connectivity index (χ2n) is 3.45. The van der Waals surface area contributed by atoms with Crippen LogP contribution in [0.25, 0.3) is 0 Å². The van der Waals surface area contributed by atoms with E-state index in [9.17, 15) is 8.42 Å². The van der Waals surface area contributed by atoms with Gasteiger partial charge in [0.05, 0.1) is 23.4 Å². The lowest BCUT2D eigenvalue weighted by molar-refractivity contribution is 0.397. The van der Waals surface area contributed by atoms with Crippen molar-refractivity contribution in [2.75, 3.05) is 11.8 Å². The van der Waals surface area contributed by atoms with Crippen LogP contribution in [0, 0.1) is 0 Å². The lowest BCUT2D eigenvalue weighted by Crippen LogP contribution is -2.14. The van der Waals surface area contributed by atoms with E-state index in [4.69, 9.17) is 39.5 Å². The molecule has 2 aromatic heterocycles. The molecule has 0 atom stereocenters. The number of anilines is 1. The highest BCUT2D eigenvalue weighted by atomic mass is 79.9. The Morgan fingerprint density at radius 2 is 2.00 bits per heavy atom. The van der Waals surface area contributed by atoms with Gasteiger partial charge in [-0.2, -0.15) is 0 Å². The fourth-order valence-corrected chi connectivity index (χ4v) is 5.11. The van der Waals surface area contributed by atoms with Crippen LogP contribution < -0.4 is 9.46 Å². The summed E-state index contributed by atoms with van der Waals surface area (Å²) in [7, 11) is -2.69. The molecule has 0 aliphatic carbocycles. The van der Waals surface area contributed by atoms with Gasteiger partial charge in [-0.25, -0.2) is 18.4 Å². The number of hydrogen-bond acceptors (Lipinski definition) is 6. The number of halogens is 4. The molecule has 2 aromatic rings. The van der Waals surface area contributed by atoms with Gasteiger partial charge in [0.1, 0.15) is 8.94 Å². The Morgan fingerprint density at radius 1 is 1.33 bits per heavy atom. The van der Waals surface area contributed by atoms with Gasteiger partial charge < -0.3 is 4.74 Å². The number of nitrogens with one attached hydrogen (secondary N) is 1. The van der Waals surface area contributed by atoms with Crippen molar-refractivity contribution >= 4 is 77.9 Å². The molecule has 0 aliphatic heterocycles. The van der Waals surface area contributed by atoms with Gasteiger partial charge in [-0.15, -0.1) is 11.3 Å². The van der Waals surface area contributed by atoms with E-state index in [1.165, 1.54) is 13.3 Å². The molecule has 0 bridgehead atoms. The number of sulfonamides is 1. The Morgan fingerprint density at radius 3 is 2.52 bits per heavy atom. The minimum atomic E-state index is -4.02. The van der Waals surface area contributed by atoms with E-state index in [1.807, 2.05) is 0 Å². The van der Waals surface area contributed by atoms with Gasteiger partial charge in [-0.05, 0) is 15.9 Å². The predicted octanol–water partition coefficient (Wildman–Crippen LogP) is 4.07. The van der Waals surface area contributed by atoms with Gasteiger partial charge >= 0.3 is 0 Å². The maximum atomic E-state index is 12.3. The second kappa shape index (κ2) is 6.43. The van der Waals surface area contributed by atoms with Gasteiger partial charge in [-0.3, -0.25) is 4.72 Å². The number of nitrogens with zero attached hydrogens (tertiary/aromatic N) is 2. The van der Waals surface area contributed by atoms with Crippen LogP contribution in [0.2, 0.25) is 14.4 Å². The minimum Gasteiger partial charge on any atom is -0.478 e. The maximum absolute atomic E-state index is 12.3. The fourth-order valence-electron chi connectivity index (χ4n) is 1.26. The summed E-state index contributed by atoms with van der Waals surface area (Å²) in [4.78, 5) is 7.83. The van der Waals surface area contributed by atoms with Crippen molar-refractivity contribution in [3.63, 3.8) is 0 Å². The zero-order valence-corrected chi connectivity index (χ0v) is 15.5. The number of hydrogen-bond donors (Lipinski definition) is 1. The van der Waals surface area contributed by atoms with Crippen LogP contribution in [-0.4, -0.2) is 25.5 Å². The molecular weight excluding hydrogens is 449 g/mol. The Bertz CT molecular complexity index is 797. The third-order valence-corrected chi connectivity index (χ3v) is 7.03. The van der Waals surface area contributed by atoms with Crippen LogP contribution in [0.5, 0.6) is 5.88 Å². The molecule has 0 fully saturated rings. The summed E-state index contributed by atoms with van der Waals surface area (Å²) >= 11 is 21.3. The summed E-state index contributed by atoms with van der Waals surface area (Å²) in [6.07, 6.45) is 1.32. The Balaban J connectivity index is 2.44. The van der Waals surface area contributed by atoms with Crippen LogP contribution in [0.1, 0.15) is 0 Å². The lowest BCUT2D eigenvalue weighted by Gasteiger charge is -2.09. The number of ether oxygens (including phenoxy) is 1. The molecule has 2 rings (SSSR count). The van der Waals surface area contributed by atoms with Crippen LogP contribution in [0.3, 0.4) is 0 Å². The third kappa shape index (κ3) is 3.54. The largest absolute Gasteiger partial charge is 0.478 e. The molecule has 21 heavy (non-hydrogen) atoms. The van der Waals surface area contributed by atoms with Crippen molar-refractivity contribution in [1.29, 1.82) is 0 Å². The van der Waals surface area contributed by atoms with Crippen molar-refractivity contribution in [3.8, 4) is 5.88 Å². The summed E-state index contributed by atoms with van der Waals surface area (Å²) in [6.45, 7) is 0. The molecule has 0 aliphatic rings. The molecule has 114 valence electrons. The first-order chi connectivity index (χ1) is 9.76. The van der Waals surface area contributed by atoms with E-state index in [1.54, 1.807) is 0 Å². The molecule has 1 N–H and O–H groups in total. The first-order valence-electron chi connectivity index (χ1n) is 4.99.